The fraction of sp³-hybridized carbons (Fsp3) is 0.211. The van der Waals surface area contributed by atoms with Crippen LogP contribution in [0.1, 0.15) is 20.3 Å². The highest BCUT2D eigenvalue weighted by atomic mass is 35.5. The molecule has 7 heteroatoms. The van der Waals surface area contributed by atoms with E-state index in [1.54, 1.807) is 19.1 Å². The van der Waals surface area contributed by atoms with Gasteiger partial charge in [0.1, 0.15) is 5.30 Å². The molecule has 0 saturated heterocycles. The number of pyridine rings is 1. The summed E-state index contributed by atoms with van der Waals surface area (Å²) in [6, 6.07) is 14.4. The monoisotopic (exact) mass is 391 g/mol. The van der Waals surface area contributed by atoms with Crippen molar-refractivity contribution in [2.75, 3.05) is 0 Å². The van der Waals surface area contributed by atoms with E-state index < -0.39 is 19.3 Å². The Hall–Kier alpha value is -1.91. The van der Waals surface area contributed by atoms with Crippen LogP contribution in [0, 0.1) is 0 Å². The second-order valence-electron chi connectivity index (χ2n) is 6.11. The molecule has 136 valence electrons. The normalized spacial score (nSPS) is 14.9. The van der Waals surface area contributed by atoms with Crippen molar-refractivity contribution in [3.63, 3.8) is 0 Å². The summed E-state index contributed by atoms with van der Waals surface area (Å²) in [5, 5.41) is 0.812. The number of rotatable bonds is 5. The van der Waals surface area contributed by atoms with Crippen LogP contribution in [-0.4, -0.2) is 16.0 Å². The van der Waals surface area contributed by atoms with E-state index in [-0.39, 0.29) is 5.30 Å². The van der Waals surface area contributed by atoms with Crippen molar-refractivity contribution in [1.82, 2.24) is 4.98 Å². The number of aromatic amines is 1. The topological polar surface area (TPSA) is 79.4 Å². The van der Waals surface area contributed by atoms with E-state index in [2.05, 4.69) is 4.98 Å². The Morgan fingerprint density at radius 1 is 1.23 bits per heavy atom. The van der Waals surface area contributed by atoms with Crippen molar-refractivity contribution in [3.8, 4) is 11.1 Å². The maximum absolute atomic E-state index is 12.6. The Morgan fingerprint density at radius 2 is 1.92 bits per heavy atom. The lowest BCUT2D eigenvalue weighted by atomic mass is 10.0. The number of benzene rings is 2. The molecule has 5 nitrogen and oxygen atoms in total. The van der Waals surface area contributed by atoms with Gasteiger partial charge in [-0.3, -0.25) is 9.36 Å². The Morgan fingerprint density at radius 3 is 2.58 bits per heavy atom. The molecule has 0 aliphatic carbocycles. The third-order valence-corrected chi connectivity index (χ3v) is 6.10. The highest BCUT2D eigenvalue weighted by molar-refractivity contribution is 7.61. The largest absolute Gasteiger partial charge is 0.364 e. The van der Waals surface area contributed by atoms with Gasteiger partial charge in [0.2, 0.25) is 0 Å². The number of fused-ring (bicyclic) bond motifs is 1. The average Bonchev–Trinajstić information content (AvgIpc) is 2.60. The van der Waals surface area contributed by atoms with Crippen LogP contribution in [0.15, 0.2) is 53.3 Å². The van der Waals surface area contributed by atoms with Crippen molar-refractivity contribution in [2.24, 2.45) is 0 Å². The van der Waals surface area contributed by atoms with Gasteiger partial charge in [0.25, 0.3) is 5.56 Å². The van der Waals surface area contributed by atoms with E-state index in [9.17, 15) is 14.3 Å². The van der Waals surface area contributed by atoms with Crippen molar-refractivity contribution in [1.29, 1.82) is 0 Å². The Balaban J connectivity index is 2.16. The first kappa shape index (κ1) is 18.9. The molecule has 0 amide bonds. The molecular formula is C19H19ClNO4P. The fourth-order valence-electron chi connectivity index (χ4n) is 2.64. The molecule has 0 bridgehead atoms. The molecule has 0 aliphatic heterocycles. The van der Waals surface area contributed by atoms with E-state index in [4.69, 9.17) is 16.1 Å². The predicted octanol–water partition coefficient (Wildman–Crippen LogP) is 4.47. The first-order valence-electron chi connectivity index (χ1n) is 8.25. The number of halogens is 1. The van der Waals surface area contributed by atoms with E-state index in [0.29, 0.717) is 22.3 Å². The maximum atomic E-state index is 12.6. The van der Waals surface area contributed by atoms with Crippen LogP contribution >= 0.6 is 19.2 Å². The number of aromatic nitrogens is 1. The third-order valence-electron chi connectivity index (χ3n) is 4.20. The molecule has 2 aromatic carbocycles. The Kier molecular flexibility index (Phi) is 5.35. The maximum Gasteiger partial charge on any atom is 0.364 e. The van der Waals surface area contributed by atoms with E-state index in [0.717, 1.165) is 11.1 Å². The van der Waals surface area contributed by atoms with Crippen molar-refractivity contribution >= 4 is 35.4 Å². The second-order valence-corrected chi connectivity index (χ2v) is 8.25. The molecule has 3 aromatic rings. The van der Waals surface area contributed by atoms with Crippen LogP contribution in [0.3, 0.4) is 0 Å². The zero-order valence-corrected chi connectivity index (χ0v) is 16.1. The molecule has 26 heavy (non-hydrogen) atoms. The van der Waals surface area contributed by atoms with Gasteiger partial charge in [0, 0.05) is 11.1 Å². The minimum atomic E-state index is -4.24. The highest BCUT2D eigenvalue weighted by Crippen LogP contribution is 2.42. The molecule has 0 aliphatic rings. The number of H-pyrrole nitrogens is 1. The van der Waals surface area contributed by atoms with Gasteiger partial charge in [-0.15, -0.1) is 0 Å². The van der Waals surface area contributed by atoms with Crippen molar-refractivity contribution in [2.45, 2.75) is 26.4 Å². The van der Waals surface area contributed by atoms with Gasteiger partial charge in [-0.2, -0.15) is 0 Å². The van der Waals surface area contributed by atoms with Gasteiger partial charge in [-0.1, -0.05) is 48.9 Å². The zero-order valence-electron chi connectivity index (χ0n) is 14.4. The number of hydrogen-bond acceptors (Lipinski definition) is 3. The molecule has 0 fully saturated rings. The summed E-state index contributed by atoms with van der Waals surface area (Å²) in [7, 11) is -4.24. The lowest BCUT2D eigenvalue weighted by molar-refractivity contribution is 0.192. The lowest BCUT2D eigenvalue weighted by Gasteiger charge is -2.17. The summed E-state index contributed by atoms with van der Waals surface area (Å²) >= 11 is 6.36. The molecule has 0 spiro atoms. The quantitative estimate of drug-likeness (QED) is 0.629. The van der Waals surface area contributed by atoms with E-state index in [1.807, 2.05) is 37.3 Å². The predicted molar refractivity (Wildman–Crippen MR) is 105 cm³/mol. The minimum absolute atomic E-state index is 0.272. The fourth-order valence-corrected chi connectivity index (χ4v) is 4.28. The van der Waals surface area contributed by atoms with Gasteiger partial charge in [-0.25, -0.2) is 0 Å². The van der Waals surface area contributed by atoms with Crippen molar-refractivity contribution in [3.05, 3.63) is 63.9 Å². The molecule has 1 aromatic heterocycles. The van der Waals surface area contributed by atoms with Crippen molar-refractivity contribution < 1.29 is 14.0 Å². The lowest BCUT2D eigenvalue weighted by Crippen LogP contribution is -2.29. The molecule has 0 radical (unpaired) electrons. The van der Waals surface area contributed by atoms with Crippen LogP contribution in [0.4, 0.5) is 0 Å². The standard InChI is InChI=1S/C19H19ClNO4P/c1-3-12(2)25-26(23,24)18-10-14-9-15(13-7-5-4-6-8-13)16(20)11-17(14)21-19(18)22/h4-12H,3H2,1-2H3,(H,21,22)(H,23,24). The van der Waals surface area contributed by atoms with Crippen LogP contribution < -0.4 is 10.9 Å². The minimum Gasteiger partial charge on any atom is -0.321 e. The third kappa shape index (κ3) is 3.76. The van der Waals surface area contributed by atoms with Gasteiger partial charge < -0.3 is 14.4 Å². The SMILES string of the molecule is CCC(C)OP(=O)(O)c1cc2cc(-c3ccccc3)c(Cl)cc2[nH]c1=O. The van der Waals surface area contributed by atoms with E-state index in [1.165, 1.54) is 6.07 Å². The van der Waals surface area contributed by atoms with Crippen LogP contribution in [0.2, 0.25) is 5.02 Å². The summed E-state index contributed by atoms with van der Waals surface area (Å²) in [6.07, 6.45) is 0.120. The first-order valence-corrected chi connectivity index (χ1v) is 10.2. The van der Waals surface area contributed by atoms with Gasteiger partial charge >= 0.3 is 7.60 Å². The first-order chi connectivity index (χ1) is 12.3. The Bertz CT molecular complexity index is 1050. The van der Waals surface area contributed by atoms with Crippen LogP contribution in [-0.2, 0) is 9.09 Å². The molecule has 2 unspecified atom stereocenters. The van der Waals surface area contributed by atoms with E-state index >= 15 is 0 Å². The average molecular weight is 392 g/mol. The van der Waals surface area contributed by atoms with Gasteiger partial charge in [0.05, 0.1) is 11.1 Å². The summed E-state index contributed by atoms with van der Waals surface area (Å²) in [5.74, 6) is 0. The molecular weight excluding hydrogens is 373 g/mol. The Labute approximate surface area is 156 Å². The number of hydrogen-bond donors (Lipinski definition) is 2. The van der Waals surface area contributed by atoms with Crippen LogP contribution in [0.25, 0.3) is 22.0 Å². The second kappa shape index (κ2) is 7.37. The molecule has 0 saturated carbocycles. The zero-order chi connectivity index (χ0) is 18.9. The summed E-state index contributed by atoms with van der Waals surface area (Å²) in [6.45, 7) is 3.52. The van der Waals surface area contributed by atoms with Gasteiger partial charge in [0.15, 0.2) is 0 Å². The van der Waals surface area contributed by atoms with Crippen LogP contribution in [0.5, 0.6) is 0 Å². The van der Waals surface area contributed by atoms with Gasteiger partial charge in [-0.05, 0) is 42.5 Å². The molecule has 2 atom stereocenters. The molecule has 3 rings (SSSR count). The summed E-state index contributed by atoms with van der Waals surface area (Å²) in [5.41, 5.74) is 1.52. The summed E-state index contributed by atoms with van der Waals surface area (Å²) < 4.78 is 17.8. The summed E-state index contributed by atoms with van der Waals surface area (Å²) in [4.78, 5) is 25.2. The smallest absolute Gasteiger partial charge is 0.321 e. The number of nitrogens with one attached hydrogen (secondary N) is 1. The highest BCUT2D eigenvalue weighted by Gasteiger charge is 2.29. The molecule has 2 N–H and O–H groups in total. The molecule has 1 heterocycles.